The molecule has 1 amide bonds. The maximum Gasteiger partial charge on any atom is 0.328 e. The van der Waals surface area contributed by atoms with E-state index in [1.54, 1.807) is 0 Å². The summed E-state index contributed by atoms with van der Waals surface area (Å²) in [4.78, 5) is 21.4. The van der Waals surface area contributed by atoms with Gasteiger partial charge in [0.15, 0.2) is 0 Å². The summed E-state index contributed by atoms with van der Waals surface area (Å²) in [5.74, 6) is -1.48. The summed E-state index contributed by atoms with van der Waals surface area (Å²) >= 11 is 0. The molecule has 5 heteroatoms. The fourth-order valence-electron chi connectivity index (χ4n) is 2.17. The Morgan fingerprint density at radius 1 is 1.33 bits per heavy atom. The number of ether oxygens (including phenoxy) is 1. The molecule has 15 heavy (non-hydrogen) atoms. The molecular formula is C10H13NO4. The van der Waals surface area contributed by atoms with Crippen LogP contribution in [0, 0.1) is 0 Å². The van der Waals surface area contributed by atoms with E-state index in [1.807, 2.05) is 0 Å². The maximum absolute atomic E-state index is 11.3. The first-order chi connectivity index (χ1) is 7.15. The van der Waals surface area contributed by atoms with E-state index in [0.29, 0.717) is 0 Å². The molecule has 2 aliphatic heterocycles. The lowest BCUT2D eigenvalue weighted by atomic mass is 9.95. The Balaban J connectivity index is 1.82. The summed E-state index contributed by atoms with van der Waals surface area (Å²) < 4.78 is 5.56. The summed E-state index contributed by atoms with van der Waals surface area (Å²) in [6, 6.07) is 0.0506. The van der Waals surface area contributed by atoms with Gasteiger partial charge in [-0.1, -0.05) is 0 Å². The molecule has 0 spiro atoms. The Kier molecular flexibility index (Phi) is 2.73. The molecule has 2 aliphatic rings. The van der Waals surface area contributed by atoms with Gasteiger partial charge in [0.25, 0.3) is 0 Å². The van der Waals surface area contributed by atoms with E-state index in [0.717, 1.165) is 31.4 Å². The highest BCUT2D eigenvalue weighted by atomic mass is 16.5. The molecule has 2 saturated heterocycles. The number of hydrogen-bond donors (Lipinski definition) is 2. The van der Waals surface area contributed by atoms with Crippen molar-refractivity contribution in [1.82, 2.24) is 5.32 Å². The van der Waals surface area contributed by atoms with E-state index < -0.39 is 5.97 Å². The lowest BCUT2D eigenvalue weighted by Gasteiger charge is -2.18. The first-order valence-electron chi connectivity index (χ1n) is 5.02. The van der Waals surface area contributed by atoms with Gasteiger partial charge in [0.05, 0.1) is 18.2 Å². The average Bonchev–Trinajstić information content (AvgIpc) is 2.76. The molecule has 0 aliphatic carbocycles. The van der Waals surface area contributed by atoms with Gasteiger partial charge >= 0.3 is 5.97 Å². The third-order valence-electron chi connectivity index (χ3n) is 2.81. The van der Waals surface area contributed by atoms with Crippen LogP contribution in [0.2, 0.25) is 0 Å². The van der Waals surface area contributed by atoms with Crippen LogP contribution in [0.3, 0.4) is 0 Å². The van der Waals surface area contributed by atoms with Gasteiger partial charge in [0, 0.05) is 12.2 Å². The number of carbonyl (C=O) groups excluding carboxylic acids is 1. The van der Waals surface area contributed by atoms with Crippen molar-refractivity contribution in [3.8, 4) is 0 Å². The van der Waals surface area contributed by atoms with E-state index in [1.165, 1.54) is 0 Å². The van der Waals surface area contributed by atoms with Gasteiger partial charge in [-0.2, -0.15) is 0 Å². The second kappa shape index (κ2) is 4.02. The second-order valence-corrected chi connectivity index (χ2v) is 3.90. The van der Waals surface area contributed by atoms with Crippen molar-refractivity contribution in [1.29, 1.82) is 0 Å². The highest BCUT2D eigenvalue weighted by Crippen LogP contribution is 2.34. The highest BCUT2D eigenvalue weighted by molar-refractivity contribution is 5.94. The molecule has 2 bridgehead atoms. The normalized spacial score (nSPS) is 33.5. The smallest absolute Gasteiger partial charge is 0.328 e. The number of aliphatic carboxylic acids is 1. The summed E-state index contributed by atoms with van der Waals surface area (Å²) in [5.41, 5.74) is 0. The molecule has 0 saturated carbocycles. The third kappa shape index (κ3) is 2.36. The van der Waals surface area contributed by atoms with Crippen LogP contribution in [-0.4, -0.2) is 35.2 Å². The lowest BCUT2D eigenvalue weighted by molar-refractivity contribution is -0.131. The van der Waals surface area contributed by atoms with Crippen LogP contribution in [0.1, 0.15) is 19.3 Å². The predicted molar refractivity (Wildman–Crippen MR) is 51.2 cm³/mol. The third-order valence-corrected chi connectivity index (χ3v) is 2.81. The molecule has 3 unspecified atom stereocenters. The molecule has 2 fully saturated rings. The number of carboxylic acid groups (broad SMARTS) is 1. The molecule has 3 atom stereocenters. The highest BCUT2D eigenvalue weighted by Gasteiger charge is 2.41. The van der Waals surface area contributed by atoms with Crippen LogP contribution >= 0.6 is 0 Å². The minimum atomic E-state index is -1.12. The Morgan fingerprint density at radius 2 is 2.13 bits per heavy atom. The molecule has 82 valence electrons. The summed E-state index contributed by atoms with van der Waals surface area (Å²) in [6.07, 6.45) is 5.18. The Bertz CT molecular complexity index is 313. The van der Waals surface area contributed by atoms with Crippen LogP contribution in [0.4, 0.5) is 0 Å². The van der Waals surface area contributed by atoms with Crippen molar-refractivity contribution in [3.05, 3.63) is 12.2 Å². The van der Waals surface area contributed by atoms with Crippen LogP contribution < -0.4 is 5.32 Å². The van der Waals surface area contributed by atoms with Crippen LogP contribution in [-0.2, 0) is 14.3 Å². The zero-order valence-corrected chi connectivity index (χ0v) is 8.18. The number of hydrogen-bond acceptors (Lipinski definition) is 3. The fourth-order valence-corrected chi connectivity index (χ4v) is 2.17. The van der Waals surface area contributed by atoms with E-state index in [9.17, 15) is 9.59 Å². The van der Waals surface area contributed by atoms with Crippen molar-refractivity contribution >= 4 is 11.9 Å². The van der Waals surface area contributed by atoms with E-state index in [-0.39, 0.29) is 24.2 Å². The number of carboxylic acids is 1. The van der Waals surface area contributed by atoms with Crippen LogP contribution in [0.15, 0.2) is 12.2 Å². The first-order valence-corrected chi connectivity index (χ1v) is 5.02. The van der Waals surface area contributed by atoms with Crippen molar-refractivity contribution in [3.63, 3.8) is 0 Å². The van der Waals surface area contributed by atoms with Gasteiger partial charge in [-0.15, -0.1) is 0 Å². The zero-order valence-electron chi connectivity index (χ0n) is 8.18. The number of nitrogens with one attached hydrogen (secondary N) is 1. The number of carbonyl (C=O) groups is 2. The summed E-state index contributed by atoms with van der Waals surface area (Å²) in [7, 11) is 0. The van der Waals surface area contributed by atoms with Crippen LogP contribution in [0.5, 0.6) is 0 Å². The zero-order chi connectivity index (χ0) is 10.8. The minimum Gasteiger partial charge on any atom is -0.478 e. The average molecular weight is 211 g/mol. The van der Waals surface area contributed by atoms with Crippen molar-refractivity contribution in [2.45, 2.75) is 37.5 Å². The van der Waals surface area contributed by atoms with Gasteiger partial charge < -0.3 is 15.2 Å². The molecular weight excluding hydrogens is 198 g/mol. The van der Waals surface area contributed by atoms with Gasteiger partial charge in [0.1, 0.15) is 0 Å². The number of fused-ring (bicyclic) bond motifs is 2. The van der Waals surface area contributed by atoms with Crippen LogP contribution in [0.25, 0.3) is 0 Å². The molecule has 5 nitrogen and oxygen atoms in total. The van der Waals surface area contributed by atoms with Crippen molar-refractivity contribution in [2.75, 3.05) is 0 Å². The minimum absolute atomic E-state index is 0.0506. The van der Waals surface area contributed by atoms with Gasteiger partial charge in [0.2, 0.25) is 5.91 Å². The van der Waals surface area contributed by atoms with E-state index >= 15 is 0 Å². The molecule has 2 N–H and O–H groups in total. The van der Waals surface area contributed by atoms with Gasteiger partial charge in [-0.3, -0.25) is 4.79 Å². The Labute approximate surface area is 87.1 Å². The Morgan fingerprint density at radius 3 is 2.67 bits per heavy atom. The van der Waals surface area contributed by atoms with Crippen molar-refractivity contribution < 1.29 is 19.4 Å². The molecule has 0 radical (unpaired) electrons. The monoisotopic (exact) mass is 211 g/mol. The maximum atomic E-state index is 11.3. The second-order valence-electron chi connectivity index (χ2n) is 3.90. The first kappa shape index (κ1) is 10.2. The van der Waals surface area contributed by atoms with Gasteiger partial charge in [-0.05, 0) is 19.3 Å². The standard InChI is InChI=1S/C10H13NO4/c12-9(3-4-10(13)14)11-7-5-6-1-2-8(7)15-6/h3-4,6-8H,1-2,5H2,(H,11,12)(H,13,14)/b4-3-. The molecule has 0 aromatic carbocycles. The number of rotatable bonds is 3. The predicted octanol–water partition coefficient (Wildman–Crippen LogP) is 0.0633. The SMILES string of the molecule is O=C(O)/C=C\C(=O)NC1CC2CCC1O2. The van der Waals surface area contributed by atoms with Crippen molar-refractivity contribution in [2.24, 2.45) is 0 Å². The molecule has 2 heterocycles. The van der Waals surface area contributed by atoms with Gasteiger partial charge in [-0.25, -0.2) is 4.79 Å². The molecule has 0 aromatic heterocycles. The summed E-state index contributed by atoms with van der Waals surface area (Å²) in [6.45, 7) is 0. The molecule has 0 aromatic rings. The Hall–Kier alpha value is -1.36. The quantitative estimate of drug-likeness (QED) is 0.647. The molecule has 2 rings (SSSR count). The lowest BCUT2D eigenvalue weighted by Crippen LogP contribution is -2.40. The fraction of sp³-hybridized carbons (Fsp3) is 0.600. The van der Waals surface area contributed by atoms with E-state index in [2.05, 4.69) is 5.32 Å². The topological polar surface area (TPSA) is 75.6 Å². The summed E-state index contributed by atoms with van der Waals surface area (Å²) in [5, 5.41) is 11.1. The largest absolute Gasteiger partial charge is 0.478 e. The van der Waals surface area contributed by atoms with E-state index in [4.69, 9.17) is 9.84 Å². The number of amides is 1.